The SMILES string of the molecule is O=C(Nc1ncc(C(O)(C(F)(F)F)C(F)(F)F)s1)c1cccc2[nH]c(C(F)F)nc12. The molecule has 0 aliphatic heterocycles. The van der Waals surface area contributed by atoms with Gasteiger partial charge in [-0.3, -0.25) is 10.1 Å². The number of H-pyrrole nitrogens is 1. The second-order valence-electron chi connectivity index (χ2n) is 5.81. The number of amides is 1. The standard InChI is InChI=1S/C15H8F8N4O2S/c16-9(17)10-25-6-3-1-2-5(8(6)26-10)11(28)27-12-24-4-7(30-12)13(29,14(18,19)20)15(21,22)23/h1-4,9,29H,(H,25,26)(H,24,27,28). The first-order valence-electron chi connectivity index (χ1n) is 7.66. The summed E-state index contributed by atoms with van der Waals surface area (Å²) in [6.07, 6.45) is -15.1. The lowest BCUT2D eigenvalue weighted by Crippen LogP contribution is -2.53. The van der Waals surface area contributed by atoms with E-state index >= 15 is 0 Å². The third-order valence-corrected chi connectivity index (χ3v) is 4.91. The first kappa shape index (κ1) is 21.9. The minimum Gasteiger partial charge on any atom is -0.369 e. The number of aliphatic hydroxyl groups is 1. The smallest absolute Gasteiger partial charge is 0.369 e. The number of hydrogen-bond acceptors (Lipinski definition) is 5. The van der Waals surface area contributed by atoms with Gasteiger partial charge in [-0.25, -0.2) is 18.7 Å². The number of aromatic nitrogens is 3. The molecule has 0 aliphatic carbocycles. The van der Waals surface area contributed by atoms with Crippen LogP contribution in [0.15, 0.2) is 24.4 Å². The van der Waals surface area contributed by atoms with Crippen molar-refractivity contribution in [2.45, 2.75) is 24.4 Å². The molecule has 1 aromatic carbocycles. The van der Waals surface area contributed by atoms with E-state index < -0.39 is 46.1 Å². The molecule has 3 N–H and O–H groups in total. The summed E-state index contributed by atoms with van der Waals surface area (Å²) in [7, 11) is 0. The van der Waals surface area contributed by atoms with Gasteiger partial charge >= 0.3 is 12.4 Å². The van der Waals surface area contributed by atoms with E-state index in [0.717, 1.165) is 6.07 Å². The van der Waals surface area contributed by atoms with E-state index in [1.807, 2.05) is 5.32 Å². The van der Waals surface area contributed by atoms with Crippen LogP contribution >= 0.6 is 11.3 Å². The summed E-state index contributed by atoms with van der Waals surface area (Å²) in [6.45, 7) is 0. The molecule has 0 bridgehead atoms. The Bertz CT molecular complexity index is 1070. The molecule has 2 aromatic heterocycles. The van der Waals surface area contributed by atoms with E-state index in [-0.39, 0.29) is 34.1 Å². The summed E-state index contributed by atoms with van der Waals surface area (Å²) in [5, 5.41) is 10.6. The molecule has 0 unspecified atom stereocenters. The van der Waals surface area contributed by atoms with Gasteiger partial charge in [-0.2, -0.15) is 26.3 Å². The Morgan fingerprint density at radius 2 is 1.77 bits per heavy atom. The number of nitrogens with zero attached hydrogens (tertiary/aromatic N) is 2. The zero-order valence-corrected chi connectivity index (χ0v) is 14.9. The van der Waals surface area contributed by atoms with E-state index in [4.69, 9.17) is 0 Å². The fourth-order valence-electron chi connectivity index (χ4n) is 2.44. The molecule has 3 aromatic rings. The Hall–Kier alpha value is -2.81. The quantitative estimate of drug-likeness (QED) is 0.500. The lowest BCUT2D eigenvalue weighted by Gasteiger charge is -2.30. The largest absolute Gasteiger partial charge is 0.431 e. The van der Waals surface area contributed by atoms with Gasteiger partial charge in [0.05, 0.1) is 16.0 Å². The summed E-state index contributed by atoms with van der Waals surface area (Å²) < 4.78 is 103. The highest BCUT2D eigenvalue weighted by Gasteiger charge is 2.72. The average Bonchev–Trinajstić information content (AvgIpc) is 3.25. The van der Waals surface area contributed by atoms with Crippen molar-refractivity contribution in [3.63, 3.8) is 0 Å². The molecule has 2 heterocycles. The van der Waals surface area contributed by atoms with Crippen molar-refractivity contribution in [3.8, 4) is 0 Å². The zero-order chi connectivity index (χ0) is 22.5. The molecule has 0 saturated carbocycles. The number of imidazole rings is 1. The number of thiazole rings is 1. The van der Waals surface area contributed by atoms with Crippen LogP contribution in [-0.4, -0.2) is 38.3 Å². The first-order valence-corrected chi connectivity index (χ1v) is 8.47. The van der Waals surface area contributed by atoms with Crippen LogP contribution in [0.5, 0.6) is 0 Å². The molecule has 0 aliphatic rings. The molecule has 0 saturated heterocycles. The highest BCUT2D eigenvalue weighted by molar-refractivity contribution is 7.15. The fraction of sp³-hybridized carbons (Fsp3) is 0.267. The number of para-hydroxylation sites is 1. The van der Waals surface area contributed by atoms with Crippen LogP contribution < -0.4 is 5.32 Å². The normalized spacial score (nSPS) is 13.3. The van der Waals surface area contributed by atoms with Gasteiger partial charge in [0.25, 0.3) is 17.9 Å². The topological polar surface area (TPSA) is 90.9 Å². The number of benzene rings is 1. The number of rotatable bonds is 4. The maximum atomic E-state index is 12.9. The number of aromatic amines is 1. The first-order chi connectivity index (χ1) is 13.8. The number of nitrogens with one attached hydrogen (secondary N) is 2. The molecule has 1 amide bonds. The Morgan fingerprint density at radius 3 is 2.33 bits per heavy atom. The van der Waals surface area contributed by atoms with Crippen molar-refractivity contribution >= 4 is 33.4 Å². The average molecular weight is 460 g/mol. The van der Waals surface area contributed by atoms with Gasteiger partial charge in [-0.05, 0) is 12.1 Å². The zero-order valence-electron chi connectivity index (χ0n) is 14.1. The number of fused-ring (bicyclic) bond motifs is 1. The van der Waals surface area contributed by atoms with Crippen LogP contribution in [0.1, 0.15) is 27.5 Å². The predicted molar refractivity (Wildman–Crippen MR) is 87.1 cm³/mol. The second-order valence-corrected chi connectivity index (χ2v) is 6.84. The van der Waals surface area contributed by atoms with Crippen molar-refractivity contribution in [2.24, 2.45) is 0 Å². The summed E-state index contributed by atoms with van der Waals surface area (Å²) >= 11 is -0.249. The van der Waals surface area contributed by atoms with E-state index in [0.29, 0.717) is 0 Å². The Balaban J connectivity index is 1.93. The Labute approximate surface area is 164 Å². The molecule has 3 rings (SSSR count). The highest BCUT2D eigenvalue weighted by atomic mass is 32.1. The van der Waals surface area contributed by atoms with Crippen molar-refractivity contribution in [1.82, 2.24) is 15.0 Å². The Morgan fingerprint density at radius 1 is 1.13 bits per heavy atom. The fourth-order valence-corrected chi connectivity index (χ4v) is 3.38. The molecule has 30 heavy (non-hydrogen) atoms. The molecule has 0 atom stereocenters. The number of carbonyl (C=O) groups excluding carboxylic acids is 1. The predicted octanol–water partition coefficient (Wildman–Crippen LogP) is 4.52. The van der Waals surface area contributed by atoms with Crippen molar-refractivity contribution in [2.75, 3.05) is 5.32 Å². The van der Waals surface area contributed by atoms with Crippen LogP contribution in [0.4, 0.5) is 40.3 Å². The van der Waals surface area contributed by atoms with Gasteiger partial charge in [0, 0.05) is 6.20 Å². The molecule has 162 valence electrons. The minimum atomic E-state index is -6.11. The van der Waals surface area contributed by atoms with Gasteiger partial charge in [0.1, 0.15) is 5.52 Å². The third-order valence-electron chi connectivity index (χ3n) is 3.89. The van der Waals surface area contributed by atoms with Gasteiger partial charge < -0.3 is 10.1 Å². The number of anilines is 1. The van der Waals surface area contributed by atoms with Crippen LogP contribution in [0.3, 0.4) is 0 Å². The Kier molecular flexibility index (Phi) is 5.22. The number of carbonyl (C=O) groups is 1. The maximum absolute atomic E-state index is 12.9. The van der Waals surface area contributed by atoms with Gasteiger partial charge in [0.15, 0.2) is 11.0 Å². The van der Waals surface area contributed by atoms with Crippen LogP contribution in [0.25, 0.3) is 11.0 Å². The monoisotopic (exact) mass is 460 g/mol. The number of halogens is 8. The van der Waals surface area contributed by atoms with Crippen molar-refractivity contribution in [1.29, 1.82) is 0 Å². The lowest BCUT2D eigenvalue weighted by molar-refractivity contribution is -0.375. The van der Waals surface area contributed by atoms with Crippen LogP contribution in [0, 0.1) is 0 Å². The van der Waals surface area contributed by atoms with Crippen molar-refractivity contribution in [3.05, 3.63) is 40.7 Å². The molecular weight excluding hydrogens is 452 g/mol. The van der Waals surface area contributed by atoms with E-state index in [2.05, 4.69) is 15.0 Å². The van der Waals surface area contributed by atoms with Crippen molar-refractivity contribution < 1.29 is 45.0 Å². The molecular formula is C15H8F8N4O2S. The van der Waals surface area contributed by atoms with E-state index in [9.17, 15) is 45.0 Å². The summed E-state index contributed by atoms with van der Waals surface area (Å²) in [5.74, 6) is -1.81. The molecule has 15 heteroatoms. The van der Waals surface area contributed by atoms with Gasteiger partial charge in [-0.1, -0.05) is 17.4 Å². The lowest BCUT2D eigenvalue weighted by atomic mass is 10.0. The number of alkyl halides is 8. The summed E-state index contributed by atoms with van der Waals surface area (Å²) in [6, 6.07) is 3.79. The van der Waals surface area contributed by atoms with Crippen LogP contribution in [-0.2, 0) is 5.60 Å². The maximum Gasteiger partial charge on any atom is 0.431 e. The minimum absolute atomic E-state index is 0.0568. The molecule has 0 radical (unpaired) electrons. The molecule has 0 fully saturated rings. The third kappa shape index (κ3) is 3.58. The highest BCUT2D eigenvalue weighted by Crippen LogP contribution is 2.51. The second kappa shape index (κ2) is 7.16. The van der Waals surface area contributed by atoms with Crippen LogP contribution in [0.2, 0.25) is 0 Å². The summed E-state index contributed by atoms with van der Waals surface area (Å²) in [5.41, 5.74) is -5.60. The molecule has 0 spiro atoms. The summed E-state index contributed by atoms with van der Waals surface area (Å²) in [4.78, 5) is 19.9. The number of hydrogen-bond donors (Lipinski definition) is 3. The van der Waals surface area contributed by atoms with E-state index in [1.54, 1.807) is 0 Å². The van der Waals surface area contributed by atoms with E-state index in [1.165, 1.54) is 12.1 Å². The van der Waals surface area contributed by atoms with Gasteiger partial charge in [-0.15, -0.1) is 0 Å². The molecule has 6 nitrogen and oxygen atoms in total. The van der Waals surface area contributed by atoms with Gasteiger partial charge in [0.2, 0.25) is 0 Å².